The topological polar surface area (TPSA) is 41.6 Å². The Morgan fingerprint density at radius 3 is 2.65 bits per heavy atom. The van der Waals surface area contributed by atoms with E-state index in [1.165, 1.54) is 25.0 Å². The second-order valence-electron chi connectivity index (χ2n) is 6.09. The summed E-state index contributed by atoms with van der Waals surface area (Å²) in [4.78, 5) is 16.2. The number of halogens is 1. The van der Waals surface area contributed by atoms with Crippen LogP contribution < -0.4 is 5.32 Å². The number of benzene rings is 1. The van der Waals surface area contributed by atoms with E-state index in [0.717, 1.165) is 12.0 Å². The maximum absolute atomic E-state index is 13.0. The van der Waals surface area contributed by atoms with Gasteiger partial charge in [-0.3, -0.25) is 0 Å². The van der Waals surface area contributed by atoms with E-state index >= 15 is 0 Å². The van der Waals surface area contributed by atoms with Crippen molar-refractivity contribution in [3.05, 3.63) is 35.6 Å². The van der Waals surface area contributed by atoms with Gasteiger partial charge in [-0.25, -0.2) is 9.18 Å². The summed E-state index contributed by atoms with van der Waals surface area (Å²) in [5.74, 6) is 0.436. The Bertz CT molecular complexity index is 501. The van der Waals surface area contributed by atoms with Gasteiger partial charge in [-0.2, -0.15) is 0 Å². The van der Waals surface area contributed by atoms with Gasteiger partial charge in [0.2, 0.25) is 0 Å². The van der Waals surface area contributed by atoms with Crippen LogP contribution in [0, 0.1) is 17.2 Å². The van der Waals surface area contributed by atoms with Crippen molar-refractivity contribution in [2.75, 3.05) is 13.2 Å². The first-order valence-corrected chi connectivity index (χ1v) is 7.00. The Kier molecular flexibility index (Phi) is 3.38. The molecule has 1 saturated heterocycles. The normalized spacial score (nSPS) is 22.2. The average Bonchev–Trinajstić information content (AvgIpc) is 3.18. The molecule has 1 saturated carbocycles. The molecule has 20 heavy (non-hydrogen) atoms. The third-order valence-electron chi connectivity index (χ3n) is 4.23. The summed E-state index contributed by atoms with van der Waals surface area (Å²) in [6, 6.07) is 6.68. The molecule has 0 spiro atoms. The van der Waals surface area contributed by atoms with Crippen molar-refractivity contribution in [1.29, 1.82) is 0 Å². The minimum atomic E-state index is -0.384. The number of hydrogen-bond acceptors (Lipinski definition) is 3. The van der Waals surface area contributed by atoms with Gasteiger partial charge in [-0.1, -0.05) is 19.1 Å². The van der Waals surface area contributed by atoms with Gasteiger partial charge >= 0.3 is 6.09 Å². The van der Waals surface area contributed by atoms with Gasteiger partial charge in [0.1, 0.15) is 12.5 Å². The van der Waals surface area contributed by atoms with Crippen LogP contribution in [0.1, 0.15) is 25.3 Å². The summed E-state index contributed by atoms with van der Waals surface area (Å²) >= 11 is 0. The molecule has 2 aliphatic rings. The number of carbonyl (C=O) groups is 1. The number of carbonyl (C=O) groups excluding carboxylic acids is 1. The fourth-order valence-electron chi connectivity index (χ4n) is 3.00. The monoisotopic (exact) mass is 278 g/mol. The van der Waals surface area contributed by atoms with Gasteiger partial charge < -0.3 is 10.2 Å². The van der Waals surface area contributed by atoms with Crippen LogP contribution in [0.2, 0.25) is 0 Å². The lowest BCUT2D eigenvalue weighted by Crippen LogP contribution is -2.37. The van der Waals surface area contributed by atoms with E-state index in [4.69, 9.17) is 4.84 Å². The summed E-state index contributed by atoms with van der Waals surface area (Å²) in [6.45, 7) is 3.36. The molecule has 108 valence electrons. The van der Waals surface area contributed by atoms with Crippen molar-refractivity contribution in [3.8, 4) is 0 Å². The van der Waals surface area contributed by atoms with Gasteiger partial charge in [0.15, 0.2) is 0 Å². The molecule has 1 aliphatic heterocycles. The van der Waals surface area contributed by atoms with Crippen molar-refractivity contribution in [3.63, 3.8) is 0 Å². The first kappa shape index (κ1) is 13.4. The van der Waals surface area contributed by atoms with E-state index in [9.17, 15) is 9.18 Å². The van der Waals surface area contributed by atoms with Gasteiger partial charge in [0.05, 0.1) is 0 Å². The quantitative estimate of drug-likeness (QED) is 0.900. The number of amides is 1. The van der Waals surface area contributed by atoms with Crippen molar-refractivity contribution < 1.29 is 14.0 Å². The summed E-state index contributed by atoms with van der Waals surface area (Å²) in [7, 11) is 0. The molecule has 0 aromatic heterocycles. The molecule has 1 amide bonds. The maximum atomic E-state index is 13.0. The first-order valence-electron chi connectivity index (χ1n) is 7.00. The number of rotatable bonds is 5. The van der Waals surface area contributed by atoms with Crippen LogP contribution in [0.5, 0.6) is 0 Å². The van der Waals surface area contributed by atoms with Crippen molar-refractivity contribution in [2.45, 2.75) is 26.2 Å². The highest BCUT2D eigenvalue weighted by Gasteiger charge is 2.43. The van der Waals surface area contributed by atoms with Crippen LogP contribution in [0.25, 0.3) is 0 Å². The van der Waals surface area contributed by atoms with Crippen molar-refractivity contribution in [2.24, 2.45) is 11.3 Å². The minimum Gasteiger partial charge on any atom is -0.349 e. The van der Waals surface area contributed by atoms with Crippen LogP contribution in [-0.2, 0) is 11.3 Å². The molecule has 3 rings (SSSR count). The minimum absolute atomic E-state index is 0.0458. The van der Waals surface area contributed by atoms with Crippen LogP contribution in [0.15, 0.2) is 24.3 Å². The Morgan fingerprint density at radius 2 is 2.10 bits per heavy atom. The molecule has 5 heteroatoms. The lowest BCUT2D eigenvalue weighted by molar-refractivity contribution is -0.0903. The zero-order chi connectivity index (χ0) is 14.2. The van der Waals surface area contributed by atoms with Gasteiger partial charge in [-0.15, -0.1) is 5.06 Å². The zero-order valence-corrected chi connectivity index (χ0v) is 11.6. The second-order valence-corrected chi connectivity index (χ2v) is 6.09. The highest BCUT2D eigenvalue weighted by molar-refractivity contribution is 5.68. The summed E-state index contributed by atoms with van der Waals surface area (Å²) in [5.41, 5.74) is 1.17. The Labute approximate surface area is 117 Å². The Hall–Kier alpha value is -1.62. The summed E-state index contributed by atoms with van der Waals surface area (Å²) < 4.78 is 13.0. The lowest BCUT2D eigenvalue weighted by atomic mass is 9.79. The third-order valence-corrected chi connectivity index (χ3v) is 4.23. The fraction of sp³-hybridized carbons (Fsp3) is 0.533. The van der Waals surface area contributed by atoms with Crippen molar-refractivity contribution in [1.82, 2.24) is 10.4 Å². The number of nitrogens with zero attached hydrogens (tertiary/aromatic N) is 1. The van der Waals surface area contributed by atoms with E-state index in [1.54, 1.807) is 5.06 Å². The maximum Gasteiger partial charge on any atom is 0.427 e. The van der Waals surface area contributed by atoms with Crippen LogP contribution in [-0.4, -0.2) is 24.4 Å². The predicted molar refractivity (Wildman–Crippen MR) is 72.1 cm³/mol. The molecule has 1 aromatic rings. The molecule has 0 radical (unpaired) electrons. The van der Waals surface area contributed by atoms with E-state index in [2.05, 4.69) is 12.2 Å². The van der Waals surface area contributed by atoms with Crippen LogP contribution in [0.3, 0.4) is 0 Å². The fourth-order valence-corrected chi connectivity index (χ4v) is 3.00. The average molecular weight is 278 g/mol. The molecule has 1 aliphatic carbocycles. The lowest BCUT2D eigenvalue weighted by Gasteiger charge is -2.32. The zero-order valence-electron chi connectivity index (χ0n) is 11.6. The van der Waals surface area contributed by atoms with Gasteiger partial charge in [0.25, 0.3) is 0 Å². The van der Waals surface area contributed by atoms with Crippen LogP contribution >= 0.6 is 0 Å². The standard InChI is InChI=1S/C15H19FN2O2/c1-15(12-4-5-12,9-18-10-17-14(19)20-18)8-11-2-6-13(16)7-3-11/h2-3,6-7,12H,4-5,8-10H2,1H3,(H,17,19). The van der Waals surface area contributed by atoms with Crippen LogP contribution in [0.4, 0.5) is 9.18 Å². The predicted octanol–water partition coefficient (Wildman–Crippen LogP) is 2.70. The highest BCUT2D eigenvalue weighted by Crippen LogP contribution is 2.48. The largest absolute Gasteiger partial charge is 0.427 e. The second kappa shape index (κ2) is 5.05. The number of nitrogens with one attached hydrogen (secondary N) is 1. The third kappa shape index (κ3) is 2.93. The number of hydrogen-bond donors (Lipinski definition) is 1. The van der Waals surface area contributed by atoms with Gasteiger partial charge in [0, 0.05) is 6.54 Å². The summed E-state index contributed by atoms with van der Waals surface area (Å²) in [5, 5.41) is 4.32. The molecule has 2 fully saturated rings. The molecule has 1 aromatic carbocycles. The van der Waals surface area contributed by atoms with E-state index in [-0.39, 0.29) is 17.3 Å². The first-order chi connectivity index (χ1) is 9.55. The van der Waals surface area contributed by atoms with Crippen molar-refractivity contribution >= 4 is 6.09 Å². The Balaban J connectivity index is 1.70. The molecule has 1 heterocycles. The molecule has 1 N–H and O–H groups in total. The van der Waals surface area contributed by atoms with Gasteiger partial charge in [-0.05, 0) is 48.3 Å². The smallest absolute Gasteiger partial charge is 0.349 e. The molecular weight excluding hydrogens is 259 g/mol. The number of hydroxylamine groups is 2. The molecule has 4 nitrogen and oxygen atoms in total. The SMILES string of the molecule is CC(Cc1ccc(F)cc1)(CN1CNC(=O)O1)C1CC1. The summed E-state index contributed by atoms with van der Waals surface area (Å²) in [6.07, 6.45) is 2.91. The van der Waals surface area contributed by atoms with E-state index in [1.807, 2.05) is 12.1 Å². The molecule has 1 unspecified atom stereocenters. The Morgan fingerprint density at radius 1 is 1.40 bits per heavy atom. The highest BCUT2D eigenvalue weighted by atomic mass is 19.1. The van der Waals surface area contributed by atoms with E-state index in [0.29, 0.717) is 19.1 Å². The van der Waals surface area contributed by atoms with E-state index < -0.39 is 0 Å². The molecule has 0 bridgehead atoms. The molecule has 1 atom stereocenters. The molecular formula is C15H19FN2O2.